The molecule has 0 spiro atoms. The predicted molar refractivity (Wildman–Crippen MR) is 364 cm³/mol. The van der Waals surface area contributed by atoms with Crippen LogP contribution in [0, 0.1) is 35.5 Å². The van der Waals surface area contributed by atoms with E-state index in [0.29, 0.717) is 45.1 Å². The van der Waals surface area contributed by atoms with E-state index in [1.54, 1.807) is 0 Å². The van der Waals surface area contributed by atoms with Crippen LogP contribution < -0.4 is 42.5 Å². The highest BCUT2D eigenvalue weighted by molar-refractivity contribution is 5.92. The molecular formula is C69H126N8O21. The molecule has 3 fully saturated rings. The lowest BCUT2D eigenvalue weighted by atomic mass is 9.81. The molecule has 17 atom stereocenters. The molecule has 0 aromatic rings. The Hall–Kier alpha value is -4.76. The molecule has 29 nitrogen and oxygen atoms in total. The minimum absolute atomic E-state index is 0.00578. The molecule has 0 aromatic carbocycles. The molecule has 9 N–H and O–H groups in total. The summed E-state index contributed by atoms with van der Waals surface area (Å²) >= 11 is 0. The van der Waals surface area contributed by atoms with Gasteiger partial charge in [-0.3, -0.25) is 38.4 Å². The zero-order valence-corrected chi connectivity index (χ0v) is 61.1. The van der Waals surface area contributed by atoms with Crippen LogP contribution in [0.4, 0.5) is 0 Å². The number of unbranched alkanes of at least 4 members (excludes halogenated alkanes) is 5. The maximum absolute atomic E-state index is 14.2. The summed E-state index contributed by atoms with van der Waals surface area (Å²) in [6.45, 7) is 25.6. The first-order valence-corrected chi connectivity index (χ1v) is 36.2. The molecule has 0 aromatic heterocycles. The van der Waals surface area contributed by atoms with Crippen LogP contribution in [-0.4, -0.2) is 245 Å². The van der Waals surface area contributed by atoms with Gasteiger partial charge < -0.3 is 104 Å². The number of aliphatic hydroxyl groups is 1. The molecule has 0 bridgehead atoms. The summed E-state index contributed by atoms with van der Waals surface area (Å²) < 4.78 is 70.4. The van der Waals surface area contributed by atoms with Gasteiger partial charge in [0.25, 0.3) is 0 Å². The van der Waals surface area contributed by atoms with Gasteiger partial charge >= 0.3 is 0 Å². The van der Waals surface area contributed by atoms with E-state index in [1.807, 2.05) is 6.92 Å². The monoisotopic (exact) mass is 1400 g/mol. The normalized spacial score (nSPS) is 26.1. The zero-order valence-electron chi connectivity index (χ0n) is 61.1. The second-order valence-electron chi connectivity index (χ2n) is 26.1. The molecule has 0 saturated carbocycles. The Balaban J connectivity index is 1.50. The van der Waals surface area contributed by atoms with Crippen molar-refractivity contribution in [3.05, 3.63) is 0 Å². The van der Waals surface area contributed by atoms with E-state index >= 15 is 0 Å². The zero-order chi connectivity index (χ0) is 72.2. The predicted octanol–water partition coefficient (Wildman–Crippen LogP) is 3.08. The molecule has 98 heavy (non-hydrogen) atoms. The summed E-state index contributed by atoms with van der Waals surface area (Å²) in [5.41, 5.74) is 0. The Labute approximate surface area is 582 Å². The lowest BCUT2D eigenvalue weighted by Gasteiger charge is -2.44. The van der Waals surface area contributed by atoms with Gasteiger partial charge in [-0.2, -0.15) is 0 Å². The van der Waals surface area contributed by atoms with E-state index in [1.165, 1.54) is 20.8 Å². The number of carbonyl (C=O) groups is 8. The molecule has 0 aliphatic carbocycles. The largest absolute Gasteiger partial charge is 0.396 e. The average molecular weight is 1400 g/mol. The molecule has 3 saturated heterocycles. The van der Waals surface area contributed by atoms with Gasteiger partial charge in [0.2, 0.25) is 47.3 Å². The molecule has 3 heterocycles. The molecule has 29 heteroatoms. The van der Waals surface area contributed by atoms with Crippen LogP contribution in [0.5, 0.6) is 0 Å². The fraction of sp³-hybridized carbons (Fsp3) is 0.884. The fourth-order valence-corrected chi connectivity index (χ4v) is 12.3. The Morgan fingerprint density at radius 1 is 0.367 bits per heavy atom. The van der Waals surface area contributed by atoms with E-state index in [4.69, 9.17) is 56.8 Å². The van der Waals surface area contributed by atoms with Crippen LogP contribution >= 0.6 is 0 Å². The van der Waals surface area contributed by atoms with Crippen molar-refractivity contribution in [1.29, 1.82) is 0 Å². The number of nitrogens with one attached hydrogen (secondary N) is 8. The third kappa shape index (κ3) is 34.7. The first-order chi connectivity index (χ1) is 47.1. The minimum atomic E-state index is -1.09. The molecule has 3 rings (SSSR count). The van der Waals surface area contributed by atoms with Crippen molar-refractivity contribution >= 4 is 47.3 Å². The molecular weight excluding hydrogens is 1280 g/mol. The Kier molecular flexibility index (Phi) is 45.9. The van der Waals surface area contributed by atoms with E-state index < -0.39 is 55.3 Å². The first kappa shape index (κ1) is 87.5. The van der Waals surface area contributed by atoms with Crippen LogP contribution in [0.2, 0.25) is 0 Å². The molecule has 3 aliphatic heterocycles. The van der Waals surface area contributed by atoms with Crippen LogP contribution in [0.1, 0.15) is 167 Å². The Bertz CT molecular complexity index is 2260. The summed E-state index contributed by atoms with van der Waals surface area (Å²) in [5.74, 6) is -1.63. The van der Waals surface area contributed by atoms with E-state index in [0.717, 1.165) is 32.1 Å². The summed E-state index contributed by atoms with van der Waals surface area (Å²) in [7, 11) is 0. The number of ether oxygens (including phenoxy) is 12. The van der Waals surface area contributed by atoms with Crippen molar-refractivity contribution in [3.63, 3.8) is 0 Å². The average Bonchev–Trinajstić information content (AvgIpc) is 0.827. The summed E-state index contributed by atoms with van der Waals surface area (Å²) in [6, 6.07) is -2.98. The Morgan fingerprint density at radius 2 is 0.684 bits per heavy atom. The summed E-state index contributed by atoms with van der Waals surface area (Å²) in [5, 5.41) is 32.3. The number of hydrogen-bond acceptors (Lipinski definition) is 21. The van der Waals surface area contributed by atoms with E-state index in [-0.39, 0.29) is 227 Å². The van der Waals surface area contributed by atoms with E-state index in [2.05, 4.69) is 97.9 Å². The van der Waals surface area contributed by atoms with E-state index in [9.17, 15) is 43.5 Å². The van der Waals surface area contributed by atoms with Gasteiger partial charge in [0.05, 0.1) is 116 Å². The van der Waals surface area contributed by atoms with Crippen LogP contribution in [0.25, 0.3) is 0 Å². The number of aliphatic hydroxyl groups excluding tert-OH is 1. The number of carbonyl (C=O) groups excluding carboxylic acids is 8. The molecule has 3 aliphatic rings. The summed E-state index contributed by atoms with van der Waals surface area (Å²) in [4.78, 5) is 103. The second kappa shape index (κ2) is 51.4. The SMILES string of the molecule is CC[C@H]1O[C@@H](OCCOCCOCC(=O)NCCCC[C@H](NC(=O)COCCOCCO[C@@H]2O[C@H](CC)[C@H](C)[C@H](C)[C@H]2NC(C)=O)C(=O)N[C@H](CCCCNC(=O)COCCOCCO[C@@H]2O[C@H](CC)[C@H](C)[C@H](C)[C@H]2NC(C)=O)C(=O)NCCCCCCO)[C@H](NC(C)=O)[C@@H](C)[C@H]1C. The smallest absolute Gasteiger partial charge is 0.246 e. The molecule has 0 radical (unpaired) electrons. The molecule has 0 unspecified atom stereocenters. The van der Waals surface area contributed by atoms with Crippen molar-refractivity contribution in [2.45, 2.75) is 234 Å². The third-order valence-corrected chi connectivity index (χ3v) is 18.6. The highest BCUT2D eigenvalue weighted by Crippen LogP contribution is 2.35. The molecule has 8 amide bonds. The highest BCUT2D eigenvalue weighted by Gasteiger charge is 2.44. The summed E-state index contributed by atoms with van der Waals surface area (Å²) in [6.07, 6.45) is 5.57. The number of rotatable bonds is 53. The van der Waals surface area contributed by atoms with Crippen molar-refractivity contribution in [1.82, 2.24) is 42.5 Å². The third-order valence-electron chi connectivity index (χ3n) is 18.6. The van der Waals surface area contributed by atoms with Crippen molar-refractivity contribution < 1.29 is 100 Å². The van der Waals surface area contributed by atoms with Gasteiger partial charge in [0.1, 0.15) is 31.9 Å². The van der Waals surface area contributed by atoms with Gasteiger partial charge in [-0.25, -0.2) is 0 Å². The van der Waals surface area contributed by atoms with Gasteiger partial charge in [-0.15, -0.1) is 0 Å². The lowest BCUT2D eigenvalue weighted by molar-refractivity contribution is -0.239. The fourth-order valence-electron chi connectivity index (χ4n) is 12.3. The van der Waals surface area contributed by atoms with Crippen LogP contribution in [-0.2, 0) is 95.2 Å². The van der Waals surface area contributed by atoms with Crippen molar-refractivity contribution in [2.24, 2.45) is 35.5 Å². The van der Waals surface area contributed by atoms with Crippen LogP contribution in [0.3, 0.4) is 0 Å². The van der Waals surface area contributed by atoms with Crippen LogP contribution in [0.15, 0.2) is 0 Å². The standard InChI is InChI=1S/C69H126N8O21/c1-13-56-45(4)48(7)62(73-51(10)79)67(96-56)93-39-36-87-30-33-90-42-59(82)70-26-21-18-24-54(65(85)72-28-20-16-17-23-29-78)77-66(86)55(76-61(84)44-92-35-32-89-38-41-95-69-64(75-53(12)81)50(9)47(6)58(15-3)98-69)25-19-22-27-71-60(83)43-91-34-31-88-37-40-94-68-63(74-52(11)80)49(8)46(5)57(14-2)97-68/h45-50,54-58,62-64,67-69,78H,13-44H2,1-12H3,(H,70,82)(H,71,83)(H,72,85)(H,73,79)(H,74,80)(H,75,81)(H,76,84)(H,77,86)/t45-,46-,47-,48+,49+,50+,54-,55+,56-,57-,58-,62-,63-,64-,67-,68-,69-/m1/s1. The Morgan fingerprint density at radius 3 is 1.04 bits per heavy atom. The topological polar surface area (TPSA) is 364 Å². The minimum Gasteiger partial charge on any atom is -0.396 e. The van der Waals surface area contributed by atoms with Gasteiger partial charge in [0.15, 0.2) is 18.9 Å². The van der Waals surface area contributed by atoms with Gasteiger partial charge in [-0.05, 0) is 106 Å². The highest BCUT2D eigenvalue weighted by atomic mass is 16.7. The quantitative estimate of drug-likeness (QED) is 0.0395. The maximum atomic E-state index is 14.2. The number of hydrogen-bond donors (Lipinski definition) is 9. The maximum Gasteiger partial charge on any atom is 0.246 e. The first-order valence-electron chi connectivity index (χ1n) is 36.2. The van der Waals surface area contributed by atoms with Gasteiger partial charge in [0, 0.05) is 47.0 Å². The number of amides is 8. The second-order valence-corrected chi connectivity index (χ2v) is 26.1. The van der Waals surface area contributed by atoms with Crippen molar-refractivity contribution in [3.8, 4) is 0 Å². The molecule has 568 valence electrons. The van der Waals surface area contributed by atoms with Gasteiger partial charge in [-0.1, -0.05) is 75.2 Å². The van der Waals surface area contributed by atoms with Crippen molar-refractivity contribution in [2.75, 3.05) is 125 Å². The lowest BCUT2D eigenvalue weighted by Crippen LogP contribution is -2.57.